The Labute approximate surface area is 248 Å². The summed E-state index contributed by atoms with van der Waals surface area (Å²) in [6.45, 7) is 0. The Kier molecular flexibility index (Phi) is 5.05. The molecule has 6 aromatic carbocycles. The van der Waals surface area contributed by atoms with Crippen LogP contribution in [0.3, 0.4) is 0 Å². The van der Waals surface area contributed by atoms with Crippen LogP contribution >= 0.6 is 11.3 Å². The lowest BCUT2D eigenvalue weighted by molar-refractivity contribution is 0.768. The molecule has 196 valence electrons. The highest BCUT2D eigenvalue weighted by Gasteiger charge is 2.46. The molecule has 2 heteroatoms. The number of rotatable bonds is 3. The van der Waals surface area contributed by atoms with Crippen molar-refractivity contribution in [2.75, 3.05) is 0 Å². The van der Waals surface area contributed by atoms with Gasteiger partial charge in [0.2, 0.25) is 0 Å². The third-order valence-electron chi connectivity index (χ3n) is 8.95. The minimum absolute atomic E-state index is 0.424. The van der Waals surface area contributed by atoms with Crippen molar-refractivity contribution >= 4 is 42.5 Å². The maximum absolute atomic E-state index is 5.22. The van der Waals surface area contributed by atoms with Crippen LogP contribution in [0.2, 0.25) is 0 Å². The number of aromatic nitrogens is 1. The van der Waals surface area contributed by atoms with E-state index in [9.17, 15) is 0 Å². The summed E-state index contributed by atoms with van der Waals surface area (Å²) in [5.41, 5.74) is 12.1. The van der Waals surface area contributed by atoms with E-state index >= 15 is 0 Å². The Hall–Kier alpha value is -5.05. The number of thiophene rings is 1. The first-order valence-corrected chi connectivity index (χ1v) is 15.2. The normalized spacial score (nSPS) is 13.4. The molecule has 0 spiro atoms. The fourth-order valence-corrected chi connectivity index (χ4v) is 8.52. The largest absolute Gasteiger partial charge is 0.246 e. The highest BCUT2D eigenvalue weighted by Crippen LogP contribution is 2.59. The second-order valence-corrected chi connectivity index (χ2v) is 12.1. The minimum Gasteiger partial charge on any atom is -0.246 e. The molecule has 0 unspecified atom stereocenters. The van der Waals surface area contributed by atoms with Crippen LogP contribution in [0.25, 0.3) is 53.5 Å². The molecule has 1 aliphatic rings. The number of hydrogen-bond donors (Lipinski definition) is 0. The zero-order valence-corrected chi connectivity index (χ0v) is 23.6. The van der Waals surface area contributed by atoms with Crippen molar-refractivity contribution in [2.45, 2.75) is 5.41 Å². The van der Waals surface area contributed by atoms with Gasteiger partial charge in [0.25, 0.3) is 0 Å². The van der Waals surface area contributed by atoms with Gasteiger partial charge in [-0.25, -0.2) is 4.98 Å². The van der Waals surface area contributed by atoms with Crippen molar-refractivity contribution in [2.24, 2.45) is 0 Å². The van der Waals surface area contributed by atoms with Gasteiger partial charge in [0.1, 0.15) is 0 Å². The zero-order valence-electron chi connectivity index (χ0n) is 22.8. The predicted molar refractivity (Wildman–Crippen MR) is 177 cm³/mol. The second-order valence-electron chi connectivity index (χ2n) is 11.0. The van der Waals surface area contributed by atoms with Crippen LogP contribution in [0.4, 0.5) is 0 Å². The van der Waals surface area contributed by atoms with E-state index in [0.717, 1.165) is 11.0 Å². The second kappa shape index (κ2) is 8.97. The number of nitrogens with zero attached hydrogens (tertiary/aromatic N) is 1. The van der Waals surface area contributed by atoms with E-state index in [1.807, 2.05) is 11.3 Å². The molecule has 0 aliphatic heterocycles. The molecule has 0 fully saturated rings. The molecule has 2 aromatic heterocycles. The molecule has 0 saturated carbocycles. The summed E-state index contributed by atoms with van der Waals surface area (Å²) in [7, 11) is 0. The molecule has 0 saturated heterocycles. The molecule has 8 aromatic rings. The van der Waals surface area contributed by atoms with Gasteiger partial charge in [0, 0.05) is 21.0 Å². The lowest BCUT2D eigenvalue weighted by Crippen LogP contribution is -2.28. The van der Waals surface area contributed by atoms with Crippen molar-refractivity contribution < 1.29 is 0 Å². The number of fused-ring (bicyclic) bond motifs is 7. The summed E-state index contributed by atoms with van der Waals surface area (Å²) in [6, 6.07) is 55.3. The van der Waals surface area contributed by atoms with E-state index in [1.165, 1.54) is 64.7 Å². The van der Waals surface area contributed by atoms with Crippen LogP contribution < -0.4 is 0 Å². The first-order valence-electron chi connectivity index (χ1n) is 14.4. The monoisotopic (exact) mass is 551 g/mol. The van der Waals surface area contributed by atoms with Gasteiger partial charge < -0.3 is 0 Å². The first kappa shape index (κ1) is 23.6. The molecular weight excluding hydrogens is 527 g/mol. The Balaban J connectivity index is 1.48. The minimum atomic E-state index is -0.424. The third-order valence-corrected chi connectivity index (χ3v) is 10.1. The Morgan fingerprint density at radius 1 is 0.452 bits per heavy atom. The number of para-hydroxylation sites is 1. The van der Waals surface area contributed by atoms with E-state index in [1.54, 1.807) is 0 Å². The molecule has 1 nitrogen and oxygen atoms in total. The molecule has 0 amide bonds. The van der Waals surface area contributed by atoms with Crippen molar-refractivity contribution in [3.63, 3.8) is 0 Å². The topological polar surface area (TPSA) is 12.9 Å². The van der Waals surface area contributed by atoms with Gasteiger partial charge in [-0.1, -0.05) is 140 Å². The van der Waals surface area contributed by atoms with E-state index < -0.39 is 5.41 Å². The van der Waals surface area contributed by atoms with Crippen LogP contribution in [0.5, 0.6) is 0 Å². The van der Waals surface area contributed by atoms with Crippen LogP contribution in [-0.4, -0.2) is 4.98 Å². The summed E-state index contributed by atoms with van der Waals surface area (Å²) in [5.74, 6) is 0. The average molecular weight is 552 g/mol. The lowest BCUT2D eigenvalue weighted by atomic mass is 9.67. The molecule has 1 aliphatic carbocycles. The number of hydrogen-bond acceptors (Lipinski definition) is 2. The highest BCUT2D eigenvalue weighted by molar-refractivity contribution is 7.26. The Bertz CT molecular complexity index is 2260. The molecule has 0 bridgehead atoms. The highest BCUT2D eigenvalue weighted by atomic mass is 32.1. The maximum atomic E-state index is 5.22. The van der Waals surface area contributed by atoms with Crippen LogP contribution in [0.15, 0.2) is 152 Å². The summed E-state index contributed by atoms with van der Waals surface area (Å²) in [4.78, 5) is 5.22. The molecule has 0 N–H and O–H groups in total. The fourth-order valence-electron chi connectivity index (χ4n) is 7.31. The molecule has 9 rings (SSSR count). The third kappa shape index (κ3) is 3.10. The summed E-state index contributed by atoms with van der Waals surface area (Å²) in [6.07, 6.45) is 0. The van der Waals surface area contributed by atoms with Crippen molar-refractivity contribution in [1.82, 2.24) is 4.98 Å². The first-order chi connectivity index (χ1) is 20.9. The molecule has 0 atom stereocenters. The lowest BCUT2D eigenvalue weighted by Gasteiger charge is -2.34. The van der Waals surface area contributed by atoms with Gasteiger partial charge in [0.15, 0.2) is 0 Å². The Morgan fingerprint density at radius 2 is 1.05 bits per heavy atom. The average Bonchev–Trinajstić information content (AvgIpc) is 3.58. The van der Waals surface area contributed by atoms with Gasteiger partial charge in [-0.3, -0.25) is 0 Å². The molecule has 42 heavy (non-hydrogen) atoms. The van der Waals surface area contributed by atoms with Crippen LogP contribution in [0, 0.1) is 0 Å². The maximum Gasteiger partial charge on any atom is 0.0902 e. The number of pyridine rings is 1. The Morgan fingerprint density at radius 3 is 1.83 bits per heavy atom. The smallest absolute Gasteiger partial charge is 0.0902 e. The summed E-state index contributed by atoms with van der Waals surface area (Å²) in [5, 5.41) is 2.42. The fraction of sp³-hybridized carbons (Fsp3) is 0.0250. The van der Waals surface area contributed by atoms with E-state index in [4.69, 9.17) is 4.98 Å². The van der Waals surface area contributed by atoms with Gasteiger partial charge in [-0.15, -0.1) is 11.3 Å². The predicted octanol–water partition coefficient (Wildman–Crippen LogP) is 10.6. The number of benzene rings is 6. The van der Waals surface area contributed by atoms with Crippen molar-refractivity contribution in [3.05, 3.63) is 174 Å². The van der Waals surface area contributed by atoms with Gasteiger partial charge in [-0.05, 0) is 51.1 Å². The van der Waals surface area contributed by atoms with E-state index in [2.05, 4.69) is 152 Å². The van der Waals surface area contributed by atoms with E-state index in [0.29, 0.717) is 0 Å². The molecular formula is C40H25NS. The van der Waals surface area contributed by atoms with Gasteiger partial charge >= 0.3 is 0 Å². The molecule has 0 radical (unpaired) electrons. The van der Waals surface area contributed by atoms with Gasteiger partial charge in [0.05, 0.1) is 21.1 Å². The zero-order chi connectivity index (χ0) is 27.7. The van der Waals surface area contributed by atoms with Crippen molar-refractivity contribution in [1.29, 1.82) is 0 Å². The summed E-state index contributed by atoms with van der Waals surface area (Å²) < 4.78 is 2.52. The SMILES string of the molecule is c1ccc(C2(c3ccccc3)c3ccccc3-c3c(-c4c5ccccc5nc5c4sc4ccccc45)cccc32)cc1. The standard InChI is InChI=1S/C40H25NS/c1-3-14-26(15-4-1)40(27-16-5-2-6-17-27)32-22-10-7-18-28(32)36-31(21-13-23-33(36)40)37-29-19-8-11-24-34(29)41-38-30-20-9-12-25-35(30)42-39(37)38/h1-25H. The van der Waals surface area contributed by atoms with Gasteiger partial charge in [-0.2, -0.15) is 0 Å². The van der Waals surface area contributed by atoms with E-state index in [-0.39, 0.29) is 0 Å². The van der Waals surface area contributed by atoms with Crippen molar-refractivity contribution in [3.8, 4) is 22.3 Å². The van der Waals surface area contributed by atoms with Crippen LogP contribution in [-0.2, 0) is 5.41 Å². The summed E-state index contributed by atoms with van der Waals surface area (Å²) >= 11 is 1.85. The van der Waals surface area contributed by atoms with Crippen LogP contribution in [0.1, 0.15) is 22.3 Å². The quantitative estimate of drug-likeness (QED) is 0.213. The molecule has 2 heterocycles.